The summed E-state index contributed by atoms with van der Waals surface area (Å²) < 4.78 is 41.8. The van der Waals surface area contributed by atoms with E-state index >= 15 is 0 Å². The SMILES string of the molecule is COc1ccc(-c2cc3cnc(NCC(F)(F)F)nc3[nH]c2=O)cc1. The van der Waals surface area contributed by atoms with Gasteiger partial charge < -0.3 is 15.0 Å². The van der Waals surface area contributed by atoms with Gasteiger partial charge in [-0.15, -0.1) is 0 Å². The van der Waals surface area contributed by atoms with Gasteiger partial charge in [-0.1, -0.05) is 12.1 Å². The molecule has 0 saturated heterocycles. The predicted molar refractivity (Wildman–Crippen MR) is 86.7 cm³/mol. The Morgan fingerprint density at radius 3 is 2.60 bits per heavy atom. The van der Waals surface area contributed by atoms with Crippen LogP contribution in [0.1, 0.15) is 0 Å². The molecule has 0 bridgehead atoms. The average molecular weight is 350 g/mol. The van der Waals surface area contributed by atoms with E-state index in [0.717, 1.165) is 0 Å². The number of halogens is 3. The molecule has 0 unspecified atom stereocenters. The molecule has 9 heteroatoms. The van der Waals surface area contributed by atoms with Crippen LogP contribution < -0.4 is 15.6 Å². The maximum Gasteiger partial charge on any atom is 0.405 e. The highest BCUT2D eigenvalue weighted by molar-refractivity contribution is 5.80. The summed E-state index contributed by atoms with van der Waals surface area (Å²) in [5.41, 5.74) is 0.818. The van der Waals surface area contributed by atoms with Crippen LogP contribution in [0.3, 0.4) is 0 Å². The van der Waals surface area contributed by atoms with Gasteiger partial charge in [0.1, 0.15) is 17.9 Å². The Morgan fingerprint density at radius 1 is 1.24 bits per heavy atom. The summed E-state index contributed by atoms with van der Waals surface area (Å²) in [4.78, 5) is 22.6. The van der Waals surface area contributed by atoms with Crippen molar-refractivity contribution in [1.82, 2.24) is 15.0 Å². The highest BCUT2D eigenvalue weighted by Gasteiger charge is 2.27. The number of nitrogens with one attached hydrogen (secondary N) is 2. The minimum atomic E-state index is -4.38. The smallest absolute Gasteiger partial charge is 0.405 e. The lowest BCUT2D eigenvalue weighted by atomic mass is 10.1. The molecule has 0 atom stereocenters. The predicted octanol–water partition coefficient (Wildman–Crippen LogP) is 2.97. The molecule has 0 amide bonds. The Bertz CT molecular complexity index is 952. The summed E-state index contributed by atoms with van der Waals surface area (Å²) in [6, 6.07) is 8.49. The van der Waals surface area contributed by atoms with Gasteiger partial charge >= 0.3 is 6.18 Å². The molecule has 2 N–H and O–H groups in total. The number of methoxy groups -OCH3 is 1. The van der Waals surface area contributed by atoms with E-state index in [0.29, 0.717) is 22.3 Å². The van der Waals surface area contributed by atoms with Crippen LogP contribution in [-0.2, 0) is 0 Å². The number of hydrogen-bond acceptors (Lipinski definition) is 5. The topological polar surface area (TPSA) is 79.9 Å². The number of ether oxygens (including phenoxy) is 1. The van der Waals surface area contributed by atoms with Gasteiger partial charge in [-0.05, 0) is 23.8 Å². The van der Waals surface area contributed by atoms with Crippen molar-refractivity contribution in [1.29, 1.82) is 0 Å². The molecule has 25 heavy (non-hydrogen) atoms. The van der Waals surface area contributed by atoms with Crippen LogP contribution in [0.25, 0.3) is 22.2 Å². The Balaban J connectivity index is 1.95. The molecule has 2 aromatic heterocycles. The van der Waals surface area contributed by atoms with Gasteiger partial charge in [-0.25, -0.2) is 4.98 Å². The fourth-order valence-corrected chi connectivity index (χ4v) is 2.24. The zero-order chi connectivity index (χ0) is 18.0. The molecule has 0 aliphatic heterocycles. The highest BCUT2D eigenvalue weighted by atomic mass is 19.4. The molecule has 0 saturated carbocycles. The van der Waals surface area contributed by atoms with Gasteiger partial charge in [-0.3, -0.25) is 4.79 Å². The molecule has 130 valence electrons. The van der Waals surface area contributed by atoms with Crippen molar-refractivity contribution in [2.75, 3.05) is 19.0 Å². The summed E-state index contributed by atoms with van der Waals surface area (Å²) in [5.74, 6) is 0.447. The quantitative estimate of drug-likeness (QED) is 0.756. The molecule has 1 aromatic carbocycles. The number of H-pyrrole nitrogens is 1. The van der Waals surface area contributed by atoms with Crippen molar-refractivity contribution in [2.24, 2.45) is 0 Å². The largest absolute Gasteiger partial charge is 0.497 e. The van der Waals surface area contributed by atoms with E-state index in [1.54, 1.807) is 37.4 Å². The van der Waals surface area contributed by atoms with E-state index in [4.69, 9.17) is 4.74 Å². The van der Waals surface area contributed by atoms with E-state index in [-0.39, 0.29) is 11.6 Å². The minimum absolute atomic E-state index is 0.155. The first-order valence-corrected chi connectivity index (χ1v) is 7.21. The summed E-state index contributed by atoms with van der Waals surface area (Å²) in [6.45, 7) is -1.26. The molecule has 0 radical (unpaired) electrons. The first-order valence-electron chi connectivity index (χ1n) is 7.21. The number of aromatic nitrogens is 3. The van der Waals surface area contributed by atoms with Gasteiger partial charge in [-0.2, -0.15) is 18.2 Å². The van der Waals surface area contributed by atoms with Crippen LogP contribution in [0.5, 0.6) is 5.75 Å². The van der Waals surface area contributed by atoms with Gasteiger partial charge in [0.25, 0.3) is 5.56 Å². The van der Waals surface area contributed by atoms with Gasteiger partial charge in [0.2, 0.25) is 5.95 Å². The fraction of sp³-hybridized carbons (Fsp3) is 0.188. The van der Waals surface area contributed by atoms with E-state index in [9.17, 15) is 18.0 Å². The minimum Gasteiger partial charge on any atom is -0.497 e. The van der Waals surface area contributed by atoms with Crippen LogP contribution in [0, 0.1) is 0 Å². The third-order valence-electron chi connectivity index (χ3n) is 3.44. The lowest BCUT2D eigenvalue weighted by molar-refractivity contribution is -0.115. The van der Waals surface area contributed by atoms with Crippen LogP contribution in [0.15, 0.2) is 41.3 Å². The molecule has 0 aliphatic rings. The second kappa shape index (κ2) is 6.42. The number of nitrogens with zero attached hydrogens (tertiary/aromatic N) is 2. The number of hydrogen-bond donors (Lipinski definition) is 2. The van der Waals surface area contributed by atoms with Crippen molar-refractivity contribution < 1.29 is 17.9 Å². The summed E-state index contributed by atoms with van der Waals surface area (Å²) in [5, 5.41) is 2.57. The Labute approximate surface area is 139 Å². The number of fused-ring (bicyclic) bond motifs is 1. The Kier molecular flexibility index (Phi) is 4.30. The molecule has 3 rings (SSSR count). The molecule has 6 nitrogen and oxygen atoms in total. The summed E-state index contributed by atoms with van der Waals surface area (Å²) in [7, 11) is 1.54. The van der Waals surface area contributed by atoms with Crippen molar-refractivity contribution in [3.63, 3.8) is 0 Å². The Hall–Kier alpha value is -3.10. The number of anilines is 1. The third kappa shape index (κ3) is 3.87. The average Bonchev–Trinajstić information content (AvgIpc) is 2.58. The fourth-order valence-electron chi connectivity index (χ4n) is 2.24. The lowest BCUT2D eigenvalue weighted by Crippen LogP contribution is -2.22. The summed E-state index contributed by atoms with van der Waals surface area (Å²) >= 11 is 0. The number of benzene rings is 1. The van der Waals surface area contributed by atoms with E-state index in [1.807, 2.05) is 0 Å². The molecule has 0 spiro atoms. The lowest BCUT2D eigenvalue weighted by Gasteiger charge is -2.09. The number of alkyl halides is 3. The van der Waals surface area contributed by atoms with Crippen molar-refractivity contribution >= 4 is 17.0 Å². The molecule has 0 fully saturated rings. The number of rotatable bonds is 4. The first-order chi connectivity index (χ1) is 11.9. The maximum atomic E-state index is 12.3. The van der Waals surface area contributed by atoms with Crippen molar-refractivity contribution in [3.05, 3.63) is 46.9 Å². The zero-order valence-corrected chi connectivity index (χ0v) is 13.0. The van der Waals surface area contributed by atoms with Gasteiger partial charge in [0.15, 0.2) is 0 Å². The maximum absolute atomic E-state index is 12.3. The van der Waals surface area contributed by atoms with E-state index in [1.165, 1.54) is 6.20 Å². The summed E-state index contributed by atoms with van der Waals surface area (Å²) in [6.07, 6.45) is -3.03. The Morgan fingerprint density at radius 2 is 1.96 bits per heavy atom. The second-order valence-electron chi connectivity index (χ2n) is 5.21. The van der Waals surface area contributed by atoms with Crippen LogP contribution in [0.2, 0.25) is 0 Å². The van der Waals surface area contributed by atoms with Gasteiger partial charge in [0.05, 0.1) is 7.11 Å². The number of aromatic amines is 1. The van der Waals surface area contributed by atoms with Crippen molar-refractivity contribution in [2.45, 2.75) is 6.18 Å². The second-order valence-corrected chi connectivity index (χ2v) is 5.21. The zero-order valence-electron chi connectivity index (χ0n) is 13.0. The highest BCUT2D eigenvalue weighted by Crippen LogP contribution is 2.22. The molecule has 2 heterocycles. The van der Waals surface area contributed by atoms with E-state index < -0.39 is 18.3 Å². The standard InChI is InChI=1S/C16H13F3N4O2/c1-25-11-4-2-9(3-5-11)12-6-10-7-20-15(21-8-16(17,18)19)23-13(10)22-14(12)24/h2-7H,8H2,1H3,(H2,20,21,22,23,24). The van der Waals surface area contributed by atoms with Crippen LogP contribution in [-0.4, -0.2) is 34.8 Å². The molecule has 0 aliphatic carbocycles. The van der Waals surface area contributed by atoms with Crippen molar-refractivity contribution in [3.8, 4) is 16.9 Å². The molecular formula is C16H13F3N4O2. The third-order valence-corrected chi connectivity index (χ3v) is 3.44. The first kappa shape index (κ1) is 16.7. The van der Waals surface area contributed by atoms with Crippen LogP contribution in [0.4, 0.5) is 19.1 Å². The monoisotopic (exact) mass is 350 g/mol. The number of pyridine rings is 1. The van der Waals surface area contributed by atoms with Gasteiger partial charge in [0, 0.05) is 17.1 Å². The molecular weight excluding hydrogens is 337 g/mol. The normalized spacial score (nSPS) is 11.5. The van der Waals surface area contributed by atoms with Crippen LogP contribution >= 0.6 is 0 Å². The van der Waals surface area contributed by atoms with E-state index in [2.05, 4.69) is 20.3 Å². The molecule has 3 aromatic rings.